The maximum Gasteiger partial charge on any atom is 0.328 e. The number of rotatable bonds is 7. The van der Waals surface area contributed by atoms with Crippen LogP contribution in [0.5, 0.6) is 0 Å². The van der Waals surface area contributed by atoms with Gasteiger partial charge in [0.1, 0.15) is 0 Å². The lowest BCUT2D eigenvalue weighted by molar-refractivity contribution is -0.188. The van der Waals surface area contributed by atoms with E-state index in [0.717, 1.165) is 21.6 Å². The molecule has 0 saturated carbocycles. The van der Waals surface area contributed by atoms with Gasteiger partial charge in [-0.2, -0.15) is 0 Å². The molecule has 1 aliphatic rings. The number of aliphatic carboxylic acids is 1. The Morgan fingerprint density at radius 1 is 1.10 bits per heavy atom. The zero-order chi connectivity index (χ0) is 21.2. The summed E-state index contributed by atoms with van der Waals surface area (Å²) in [4.78, 5) is 38.5. The molecule has 0 unspecified atom stereocenters. The molecule has 2 aromatic rings. The van der Waals surface area contributed by atoms with Crippen molar-refractivity contribution in [2.75, 3.05) is 0 Å². The van der Waals surface area contributed by atoms with Gasteiger partial charge in [-0.15, -0.1) is 0 Å². The van der Waals surface area contributed by atoms with Crippen molar-refractivity contribution < 1.29 is 19.5 Å². The molecule has 5 nitrogen and oxygen atoms in total. The van der Waals surface area contributed by atoms with E-state index >= 15 is 0 Å². The molecule has 1 aliphatic heterocycles. The molecule has 0 bridgehead atoms. The molecule has 0 spiro atoms. The molecular weight excluding hydrogens is 366 g/mol. The fourth-order valence-electron chi connectivity index (χ4n) is 4.03. The van der Waals surface area contributed by atoms with Gasteiger partial charge in [0.15, 0.2) is 6.04 Å². The second kappa shape index (κ2) is 8.19. The quantitative estimate of drug-likeness (QED) is 0.723. The SMILES string of the molecule is Cc1ccc(CC[C@@]2(C)C(=O)N(C(=O)C[C@H](C)c3ccccc3)[C@@H]2C(=O)O)cc1. The maximum absolute atomic E-state index is 12.9. The van der Waals surface area contributed by atoms with Crippen LogP contribution in [-0.2, 0) is 20.8 Å². The lowest BCUT2D eigenvalue weighted by atomic mass is 9.68. The van der Waals surface area contributed by atoms with Crippen molar-refractivity contribution >= 4 is 17.8 Å². The van der Waals surface area contributed by atoms with Gasteiger partial charge in [-0.3, -0.25) is 14.5 Å². The number of carboxylic acids is 1. The molecule has 2 amide bonds. The standard InChI is InChI=1S/C24H27NO4/c1-16-9-11-18(12-10-16)13-14-24(3)21(22(27)28)25(23(24)29)20(26)15-17(2)19-7-5-4-6-8-19/h4-12,17,21H,13-15H2,1-3H3,(H,27,28)/t17-,21+,24+/m0/s1. The molecule has 5 heteroatoms. The first-order valence-corrected chi connectivity index (χ1v) is 9.94. The number of carbonyl (C=O) groups is 3. The summed E-state index contributed by atoms with van der Waals surface area (Å²) >= 11 is 0. The Balaban J connectivity index is 1.70. The van der Waals surface area contributed by atoms with Gasteiger partial charge in [0.25, 0.3) is 0 Å². The number of likely N-dealkylation sites (tertiary alicyclic amines) is 1. The van der Waals surface area contributed by atoms with E-state index in [2.05, 4.69) is 0 Å². The number of aryl methyl sites for hydroxylation is 2. The van der Waals surface area contributed by atoms with Gasteiger partial charge in [-0.05, 0) is 43.7 Å². The van der Waals surface area contributed by atoms with E-state index < -0.39 is 23.3 Å². The number of imide groups is 1. The third-order valence-electron chi connectivity index (χ3n) is 5.97. The van der Waals surface area contributed by atoms with Gasteiger partial charge in [-0.1, -0.05) is 67.1 Å². The van der Waals surface area contributed by atoms with Crippen LogP contribution in [0.3, 0.4) is 0 Å². The van der Waals surface area contributed by atoms with Gasteiger partial charge in [0.05, 0.1) is 5.41 Å². The van der Waals surface area contributed by atoms with Crippen molar-refractivity contribution in [3.05, 3.63) is 71.3 Å². The number of amides is 2. The Kier molecular flexibility index (Phi) is 5.87. The highest BCUT2D eigenvalue weighted by molar-refractivity contribution is 6.10. The molecule has 3 rings (SSSR count). The molecule has 29 heavy (non-hydrogen) atoms. The van der Waals surface area contributed by atoms with Crippen LogP contribution in [0.4, 0.5) is 0 Å². The van der Waals surface area contributed by atoms with Crippen molar-refractivity contribution in [3.63, 3.8) is 0 Å². The van der Waals surface area contributed by atoms with Gasteiger partial charge in [0, 0.05) is 6.42 Å². The largest absolute Gasteiger partial charge is 0.480 e. The van der Waals surface area contributed by atoms with Crippen LogP contribution >= 0.6 is 0 Å². The van der Waals surface area contributed by atoms with Gasteiger partial charge in [0.2, 0.25) is 11.8 Å². The Hall–Kier alpha value is -2.95. The van der Waals surface area contributed by atoms with Crippen molar-refractivity contribution in [1.29, 1.82) is 0 Å². The number of β-lactam (4-membered cyclic amide) rings is 1. The number of carboxylic acid groups (broad SMARTS) is 1. The first-order chi connectivity index (χ1) is 13.7. The molecule has 1 heterocycles. The van der Waals surface area contributed by atoms with E-state index in [1.807, 2.05) is 68.4 Å². The Bertz CT molecular complexity index is 906. The molecule has 0 aliphatic carbocycles. The molecule has 152 valence electrons. The first-order valence-electron chi connectivity index (χ1n) is 9.94. The third-order valence-corrected chi connectivity index (χ3v) is 5.97. The van der Waals surface area contributed by atoms with Crippen LogP contribution < -0.4 is 0 Å². The summed E-state index contributed by atoms with van der Waals surface area (Å²) in [5, 5.41) is 9.74. The predicted octanol–water partition coefficient (Wildman–Crippen LogP) is 3.95. The van der Waals surface area contributed by atoms with Gasteiger partial charge in [-0.25, -0.2) is 4.79 Å². The van der Waals surface area contributed by atoms with Crippen LogP contribution in [0.1, 0.15) is 49.3 Å². The molecule has 1 N–H and O–H groups in total. The molecule has 3 atom stereocenters. The highest BCUT2D eigenvalue weighted by Crippen LogP contribution is 2.44. The Morgan fingerprint density at radius 2 is 1.72 bits per heavy atom. The molecule has 1 saturated heterocycles. The monoisotopic (exact) mass is 393 g/mol. The third kappa shape index (κ3) is 4.09. The normalized spacial score (nSPS) is 22.1. The van der Waals surface area contributed by atoms with Crippen molar-refractivity contribution in [3.8, 4) is 0 Å². The Labute approximate surface area is 171 Å². The predicted molar refractivity (Wildman–Crippen MR) is 110 cm³/mol. The highest BCUT2D eigenvalue weighted by Gasteiger charge is 2.62. The second-order valence-corrected chi connectivity index (χ2v) is 8.23. The number of hydrogen-bond acceptors (Lipinski definition) is 3. The second-order valence-electron chi connectivity index (χ2n) is 8.23. The van der Waals surface area contributed by atoms with E-state index in [0.29, 0.717) is 12.8 Å². The molecule has 2 aromatic carbocycles. The summed E-state index contributed by atoms with van der Waals surface area (Å²) in [7, 11) is 0. The van der Waals surface area contributed by atoms with E-state index in [1.54, 1.807) is 6.92 Å². The average molecular weight is 393 g/mol. The molecule has 0 aromatic heterocycles. The minimum Gasteiger partial charge on any atom is -0.480 e. The fraction of sp³-hybridized carbons (Fsp3) is 0.375. The molecule has 0 radical (unpaired) electrons. The number of nitrogens with zero attached hydrogens (tertiary/aromatic N) is 1. The van der Waals surface area contributed by atoms with Crippen LogP contribution in [0.2, 0.25) is 0 Å². The van der Waals surface area contributed by atoms with E-state index in [9.17, 15) is 19.5 Å². The number of hydrogen-bond donors (Lipinski definition) is 1. The van der Waals surface area contributed by atoms with Crippen molar-refractivity contribution in [2.45, 2.75) is 52.0 Å². The lowest BCUT2D eigenvalue weighted by Crippen LogP contribution is -2.72. The van der Waals surface area contributed by atoms with Gasteiger partial charge >= 0.3 is 5.97 Å². The summed E-state index contributed by atoms with van der Waals surface area (Å²) in [6, 6.07) is 16.4. The van der Waals surface area contributed by atoms with Crippen LogP contribution in [0.25, 0.3) is 0 Å². The van der Waals surface area contributed by atoms with E-state index in [-0.39, 0.29) is 18.2 Å². The smallest absolute Gasteiger partial charge is 0.328 e. The Morgan fingerprint density at radius 3 is 2.31 bits per heavy atom. The van der Waals surface area contributed by atoms with E-state index in [4.69, 9.17) is 0 Å². The van der Waals surface area contributed by atoms with E-state index in [1.165, 1.54) is 0 Å². The van der Waals surface area contributed by atoms with Crippen LogP contribution in [0.15, 0.2) is 54.6 Å². The van der Waals surface area contributed by atoms with Crippen LogP contribution in [-0.4, -0.2) is 33.8 Å². The minimum absolute atomic E-state index is 0.0923. The van der Waals surface area contributed by atoms with Crippen molar-refractivity contribution in [1.82, 2.24) is 4.90 Å². The summed E-state index contributed by atoms with van der Waals surface area (Å²) < 4.78 is 0. The van der Waals surface area contributed by atoms with Gasteiger partial charge < -0.3 is 5.11 Å². The summed E-state index contributed by atoms with van der Waals surface area (Å²) in [6.07, 6.45) is 1.09. The highest BCUT2D eigenvalue weighted by atomic mass is 16.4. The number of carbonyl (C=O) groups excluding carboxylic acids is 2. The summed E-state index contributed by atoms with van der Waals surface area (Å²) in [5.74, 6) is -2.03. The molecular formula is C24H27NO4. The fourth-order valence-corrected chi connectivity index (χ4v) is 4.03. The van der Waals surface area contributed by atoms with Crippen molar-refractivity contribution in [2.24, 2.45) is 5.41 Å². The van der Waals surface area contributed by atoms with Crippen LogP contribution in [0, 0.1) is 12.3 Å². The topological polar surface area (TPSA) is 74.7 Å². The lowest BCUT2D eigenvalue weighted by Gasteiger charge is -2.51. The summed E-state index contributed by atoms with van der Waals surface area (Å²) in [6.45, 7) is 5.57. The number of benzene rings is 2. The summed E-state index contributed by atoms with van der Waals surface area (Å²) in [5.41, 5.74) is 2.12. The zero-order valence-corrected chi connectivity index (χ0v) is 17.1. The first kappa shape index (κ1) is 20.8. The molecule has 1 fully saturated rings. The maximum atomic E-state index is 12.9. The minimum atomic E-state index is -1.13. The average Bonchev–Trinajstić information content (AvgIpc) is 2.70. The zero-order valence-electron chi connectivity index (χ0n) is 17.1.